The summed E-state index contributed by atoms with van der Waals surface area (Å²) >= 11 is 0. The van der Waals surface area contributed by atoms with Crippen molar-refractivity contribution >= 4 is 5.91 Å². The first kappa shape index (κ1) is 15.4. The first-order valence-electron chi connectivity index (χ1n) is 8.46. The largest absolute Gasteiger partial charge is 0.451 e. The summed E-state index contributed by atoms with van der Waals surface area (Å²) in [6, 6.07) is 10.0. The smallest absolute Gasteiger partial charge is 0.289 e. The summed E-state index contributed by atoms with van der Waals surface area (Å²) in [5.74, 6) is 0.603. The molecule has 1 unspecified atom stereocenters. The number of hydrogen-bond acceptors (Lipinski definition) is 3. The van der Waals surface area contributed by atoms with Crippen LogP contribution in [0.1, 0.15) is 29.8 Å². The normalized spacial score (nSPS) is 20.3. The van der Waals surface area contributed by atoms with E-state index in [4.69, 9.17) is 9.15 Å². The lowest BCUT2D eigenvalue weighted by molar-refractivity contribution is 0.0675. The summed E-state index contributed by atoms with van der Waals surface area (Å²) in [7, 11) is 0. The van der Waals surface area contributed by atoms with Gasteiger partial charge in [0.2, 0.25) is 0 Å². The van der Waals surface area contributed by atoms with Crippen molar-refractivity contribution in [3.63, 3.8) is 0 Å². The molecule has 2 fully saturated rings. The van der Waals surface area contributed by atoms with Gasteiger partial charge in [-0.05, 0) is 43.5 Å². The maximum absolute atomic E-state index is 13.9. The van der Waals surface area contributed by atoms with E-state index in [0.29, 0.717) is 29.8 Å². The Kier molecular flexibility index (Phi) is 4.10. The zero-order valence-corrected chi connectivity index (χ0v) is 13.4. The number of halogens is 1. The average molecular weight is 329 g/mol. The number of hydrogen-bond donors (Lipinski definition) is 0. The Balaban J connectivity index is 1.54. The van der Waals surface area contributed by atoms with Gasteiger partial charge < -0.3 is 14.1 Å². The predicted molar refractivity (Wildman–Crippen MR) is 87.1 cm³/mol. The second kappa shape index (κ2) is 6.40. The van der Waals surface area contributed by atoms with Crippen LogP contribution in [0.3, 0.4) is 0 Å². The van der Waals surface area contributed by atoms with Gasteiger partial charge in [0, 0.05) is 25.1 Å². The summed E-state index contributed by atoms with van der Waals surface area (Å²) in [6.45, 7) is 2.20. The van der Waals surface area contributed by atoms with Crippen LogP contribution >= 0.6 is 0 Å². The molecule has 4 rings (SSSR count). The molecule has 1 aliphatic heterocycles. The van der Waals surface area contributed by atoms with Crippen LogP contribution in [-0.2, 0) is 4.74 Å². The van der Waals surface area contributed by atoms with E-state index in [9.17, 15) is 9.18 Å². The number of nitrogens with zero attached hydrogens (tertiary/aromatic N) is 1. The molecular formula is C19H20FNO3. The molecule has 126 valence electrons. The van der Waals surface area contributed by atoms with Crippen LogP contribution in [0.5, 0.6) is 0 Å². The van der Waals surface area contributed by atoms with Gasteiger partial charge in [-0.25, -0.2) is 4.39 Å². The third kappa shape index (κ3) is 3.08. The molecule has 0 spiro atoms. The monoisotopic (exact) mass is 329 g/mol. The number of ether oxygens (including phenoxy) is 1. The first-order chi connectivity index (χ1) is 11.7. The van der Waals surface area contributed by atoms with Crippen molar-refractivity contribution in [3.8, 4) is 11.3 Å². The van der Waals surface area contributed by atoms with Gasteiger partial charge in [0.1, 0.15) is 11.6 Å². The van der Waals surface area contributed by atoms with Crippen LogP contribution < -0.4 is 0 Å². The molecule has 1 aromatic heterocycles. The Bertz CT molecular complexity index is 732. The van der Waals surface area contributed by atoms with E-state index >= 15 is 0 Å². The second-order valence-corrected chi connectivity index (χ2v) is 6.56. The molecule has 0 N–H and O–H groups in total. The lowest BCUT2D eigenvalue weighted by Crippen LogP contribution is -2.37. The molecule has 24 heavy (non-hydrogen) atoms. The molecule has 4 nitrogen and oxygen atoms in total. The fraction of sp³-hybridized carbons (Fsp3) is 0.421. The van der Waals surface area contributed by atoms with Gasteiger partial charge in [0.25, 0.3) is 5.91 Å². The highest BCUT2D eigenvalue weighted by Gasteiger charge is 2.36. The zero-order chi connectivity index (χ0) is 16.5. The van der Waals surface area contributed by atoms with Crippen LogP contribution in [0, 0.1) is 11.7 Å². The van der Waals surface area contributed by atoms with E-state index in [-0.39, 0.29) is 17.5 Å². The number of carbonyl (C=O) groups excluding carboxylic acids is 1. The van der Waals surface area contributed by atoms with Gasteiger partial charge in [0.05, 0.1) is 12.2 Å². The molecule has 2 heterocycles. The number of rotatable bonds is 5. The van der Waals surface area contributed by atoms with Crippen LogP contribution in [0.4, 0.5) is 4.39 Å². The quantitative estimate of drug-likeness (QED) is 0.839. The van der Waals surface area contributed by atoms with Crippen molar-refractivity contribution in [2.75, 3.05) is 19.8 Å². The summed E-state index contributed by atoms with van der Waals surface area (Å²) < 4.78 is 25.0. The molecule has 1 atom stereocenters. The lowest BCUT2D eigenvalue weighted by Gasteiger charge is -2.24. The van der Waals surface area contributed by atoms with Crippen molar-refractivity contribution in [1.29, 1.82) is 0 Å². The fourth-order valence-electron chi connectivity index (χ4n) is 3.19. The van der Waals surface area contributed by atoms with Gasteiger partial charge in [-0.1, -0.05) is 12.1 Å². The Labute approximate surface area is 140 Å². The summed E-state index contributed by atoms with van der Waals surface area (Å²) in [6.07, 6.45) is 3.08. The average Bonchev–Trinajstić information content (AvgIpc) is 3.10. The van der Waals surface area contributed by atoms with E-state index in [2.05, 4.69) is 0 Å². The van der Waals surface area contributed by atoms with Gasteiger partial charge in [-0.3, -0.25) is 4.79 Å². The van der Waals surface area contributed by atoms with Crippen LogP contribution in [0.25, 0.3) is 11.3 Å². The Hall–Kier alpha value is -2.14. The Morgan fingerprint density at radius 3 is 2.71 bits per heavy atom. The number of furan rings is 1. The topological polar surface area (TPSA) is 42.7 Å². The minimum atomic E-state index is -0.354. The van der Waals surface area contributed by atoms with Crippen LogP contribution in [0.2, 0.25) is 0 Å². The highest BCUT2D eigenvalue weighted by atomic mass is 19.1. The van der Waals surface area contributed by atoms with Gasteiger partial charge in [-0.15, -0.1) is 0 Å². The molecule has 2 aliphatic rings. The van der Waals surface area contributed by atoms with Crippen molar-refractivity contribution in [2.24, 2.45) is 5.92 Å². The molecule has 1 aliphatic carbocycles. The Morgan fingerprint density at radius 2 is 2.00 bits per heavy atom. The molecule has 0 radical (unpaired) electrons. The standard InChI is InChI=1S/C19H20FNO3/c20-16-4-2-1-3-15(16)17-7-8-18(24-17)19(22)21(14-5-6-14)11-13-9-10-23-12-13/h1-4,7-8,13-14H,5-6,9-12H2. The predicted octanol–water partition coefficient (Wildman–Crippen LogP) is 3.73. The van der Waals surface area contributed by atoms with Crippen molar-refractivity contribution in [1.82, 2.24) is 4.90 Å². The Morgan fingerprint density at radius 1 is 1.17 bits per heavy atom. The van der Waals surface area contributed by atoms with E-state index < -0.39 is 0 Å². The molecule has 5 heteroatoms. The molecule has 1 saturated carbocycles. The molecule has 0 bridgehead atoms. The minimum absolute atomic E-state index is 0.105. The zero-order valence-electron chi connectivity index (χ0n) is 13.4. The maximum atomic E-state index is 13.9. The summed E-state index contributed by atoms with van der Waals surface area (Å²) in [5.41, 5.74) is 0.374. The van der Waals surface area contributed by atoms with E-state index in [1.807, 2.05) is 4.90 Å². The van der Waals surface area contributed by atoms with Crippen LogP contribution in [0.15, 0.2) is 40.8 Å². The maximum Gasteiger partial charge on any atom is 0.289 e. The van der Waals surface area contributed by atoms with Gasteiger partial charge >= 0.3 is 0 Å². The third-order valence-electron chi connectivity index (χ3n) is 4.68. The second-order valence-electron chi connectivity index (χ2n) is 6.56. The molecule has 1 aromatic carbocycles. The SMILES string of the molecule is O=C(c1ccc(-c2ccccc2F)o1)N(CC1CCOC1)C1CC1. The van der Waals surface area contributed by atoms with Crippen LogP contribution in [-0.4, -0.2) is 36.6 Å². The number of carbonyl (C=O) groups is 1. The van der Waals surface area contributed by atoms with Crippen molar-refractivity contribution < 1.29 is 18.3 Å². The highest BCUT2D eigenvalue weighted by molar-refractivity contribution is 5.92. The van der Waals surface area contributed by atoms with Gasteiger partial charge in [0.15, 0.2) is 5.76 Å². The van der Waals surface area contributed by atoms with E-state index in [0.717, 1.165) is 32.5 Å². The van der Waals surface area contributed by atoms with E-state index in [1.165, 1.54) is 6.07 Å². The number of amides is 1. The van der Waals surface area contributed by atoms with Crippen molar-refractivity contribution in [3.05, 3.63) is 48.0 Å². The highest BCUT2D eigenvalue weighted by Crippen LogP contribution is 2.32. The fourth-order valence-corrected chi connectivity index (χ4v) is 3.19. The summed E-state index contributed by atoms with van der Waals surface area (Å²) in [5, 5.41) is 0. The van der Waals surface area contributed by atoms with Crippen molar-refractivity contribution in [2.45, 2.75) is 25.3 Å². The van der Waals surface area contributed by atoms with Gasteiger partial charge in [-0.2, -0.15) is 0 Å². The third-order valence-corrected chi connectivity index (χ3v) is 4.68. The number of benzene rings is 1. The molecule has 2 aromatic rings. The molecular weight excluding hydrogens is 309 g/mol. The van der Waals surface area contributed by atoms with E-state index in [1.54, 1.807) is 30.3 Å². The summed E-state index contributed by atoms with van der Waals surface area (Å²) in [4.78, 5) is 14.7. The molecule has 1 amide bonds. The lowest BCUT2D eigenvalue weighted by atomic mass is 10.1. The minimum Gasteiger partial charge on any atom is -0.451 e. The first-order valence-corrected chi connectivity index (χ1v) is 8.46. The molecule has 1 saturated heterocycles.